The van der Waals surface area contributed by atoms with Crippen LogP contribution in [0.5, 0.6) is 0 Å². The lowest BCUT2D eigenvalue weighted by atomic mass is 10.1. The predicted molar refractivity (Wildman–Crippen MR) is 71.5 cm³/mol. The molecule has 0 aliphatic carbocycles. The molecule has 100 valence electrons. The van der Waals surface area contributed by atoms with Crippen LogP contribution in [-0.4, -0.2) is 52.8 Å². The number of hydrogen-bond acceptors (Lipinski definition) is 4. The number of hydrogen-bond donors (Lipinski definition) is 0. The lowest BCUT2D eigenvalue weighted by molar-refractivity contribution is -0.130. The summed E-state index contributed by atoms with van der Waals surface area (Å²) in [5.41, 5.74) is 0.891. The maximum Gasteiger partial charge on any atom is 0.237 e. The summed E-state index contributed by atoms with van der Waals surface area (Å²) in [7, 11) is 0. The Balaban J connectivity index is 2.00. The molecule has 0 bridgehead atoms. The van der Waals surface area contributed by atoms with Gasteiger partial charge in [0.15, 0.2) is 0 Å². The molecular formula is C13H15ClN4O. The Labute approximate surface area is 117 Å². The molecule has 1 unspecified atom stereocenters. The van der Waals surface area contributed by atoms with Crippen LogP contribution in [0.25, 0.3) is 0 Å². The van der Waals surface area contributed by atoms with Crippen LogP contribution in [0, 0.1) is 11.3 Å². The second kappa shape index (κ2) is 6.50. The monoisotopic (exact) mass is 278 g/mol. The number of nitriles is 1. The first-order valence-electron chi connectivity index (χ1n) is 6.13. The first kappa shape index (κ1) is 13.8. The summed E-state index contributed by atoms with van der Waals surface area (Å²) < 4.78 is 0. The Bertz CT molecular complexity index is 465. The van der Waals surface area contributed by atoms with Gasteiger partial charge in [-0.1, -0.05) is 6.07 Å². The van der Waals surface area contributed by atoms with Crippen LogP contribution < -0.4 is 0 Å². The van der Waals surface area contributed by atoms with E-state index in [0.29, 0.717) is 26.2 Å². The third-order valence-electron chi connectivity index (χ3n) is 3.27. The average molecular weight is 279 g/mol. The molecule has 1 saturated heterocycles. The number of halogens is 1. The zero-order valence-corrected chi connectivity index (χ0v) is 11.3. The Hall–Kier alpha value is -1.64. The molecular weight excluding hydrogens is 264 g/mol. The zero-order valence-electron chi connectivity index (χ0n) is 10.5. The minimum Gasteiger partial charge on any atom is -0.339 e. The number of rotatable bonds is 3. The van der Waals surface area contributed by atoms with Crippen molar-refractivity contribution in [2.45, 2.75) is 6.04 Å². The topological polar surface area (TPSA) is 60.2 Å². The van der Waals surface area contributed by atoms with Gasteiger partial charge in [-0.3, -0.25) is 14.7 Å². The molecule has 0 spiro atoms. The quantitative estimate of drug-likeness (QED) is 0.775. The molecule has 1 aromatic rings. The molecule has 0 radical (unpaired) electrons. The van der Waals surface area contributed by atoms with E-state index in [4.69, 9.17) is 11.6 Å². The van der Waals surface area contributed by atoms with Gasteiger partial charge in [0.1, 0.15) is 11.9 Å². The van der Waals surface area contributed by atoms with Crippen molar-refractivity contribution in [1.29, 1.82) is 5.26 Å². The highest BCUT2D eigenvalue weighted by Gasteiger charge is 2.26. The van der Waals surface area contributed by atoms with Crippen molar-refractivity contribution in [3.8, 4) is 6.07 Å². The fourth-order valence-electron chi connectivity index (χ4n) is 2.22. The van der Waals surface area contributed by atoms with E-state index in [-0.39, 0.29) is 17.8 Å². The third-order valence-corrected chi connectivity index (χ3v) is 3.50. The van der Waals surface area contributed by atoms with Crippen LogP contribution in [0.3, 0.4) is 0 Å². The Morgan fingerprint density at radius 1 is 1.47 bits per heavy atom. The van der Waals surface area contributed by atoms with Crippen molar-refractivity contribution in [3.05, 3.63) is 30.1 Å². The molecule has 19 heavy (non-hydrogen) atoms. The fraction of sp³-hybridized carbons (Fsp3) is 0.462. The molecule has 1 amide bonds. The van der Waals surface area contributed by atoms with Crippen LogP contribution in [0.2, 0.25) is 0 Å². The molecule has 2 heterocycles. The number of nitrogens with zero attached hydrogens (tertiary/aromatic N) is 4. The maximum absolute atomic E-state index is 11.5. The summed E-state index contributed by atoms with van der Waals surface area (Å²) >= 11 is 5.54. The van der Waals surface area contributed by atoms with Gasteiger partial charge in [-0.05, 0) is 6.07 Å². The zero-order chi connectivity index (χ0) is 13.7. The normalized spacial score (nSPS) is 17.8. The fourth-order valence-corrected chi connectivity index (χ4v) is 2.39. The highest BCUT2D eigenvalue weighted by molar-refractivity contribution is 6.27. The van der Waals surface area contributed by atoms with Gasteiger partial charge in [-0.25, -0.2) is 0 Å². The van der Waals surface area contributed by atoms with Crippen molar-refractivity contribution in [1.82, 2.24) is 14.8 Å². The number of alkyl halides is 1. The maximum atomic E-state index is 11.5. The lowest BCUT2D eigenvalue weighted by Crippen LogP contribution is -2.49. The van der Waals surface area contributed by atoms with Gasteiger partial charge in [-0.2, -0.15) is 5.26 Å². The molecule has 0 N–H and O–H groups in total. The molecule has 6 heteroatoms. The molecule has 5 nitrogen and oxygen atoms in total. The highest BCUT2D eigenvalue weighted by atomic mass is 35.5. The summed E-state index contributed by atoms with van der Waals surface area (Å²) in [6.07, 6.45) is 3.40. The van der Waals surface area contributed by atoms with Gasteiger partial charge < -0.3 is 4.90 Å². The standard InChI is InChI=1S/C13H15ClN4O/c14-8-13(19)18-6-4-17(5-7-18)12(9-15)11-2-1-3-16-10-11/h1-3,10,12H,4-8H2. The molecule has 1 aliphatic heterocycles. The molecule has 1 fully saturated rings. The number of aromatic nitrogens is 1. The van der Waals surface area contributed by atoms with Crippen molar-refractivity contribution in [3.63, 3.8) is 0 Å². The van der Waals surface area contributed by atoms with Gasteiger partial charge >= 0.3 is 0 Å². The highest BCUT2D eigenvalue weighted by Crippen LogP contribution is 2.20. The summed E-state index contributed by atoms with van der Waals surface area (Å²) in [4.78, 5) is 19.3. The first-order chi connectivity index (χ1) is 9.26. The van der Waals surface area contributed by atoms with Crippen molar-refractivity contribution < 1.29 is 4.79 Å². The molecule has 1 aliphatic rings. The minimum atomic E-state index is -0.304. The van der Waals surface area contributed by atoms with Crippen LogP contribution in [-0.2, 0) is 4.79 Å². The van der Waals surface area contributed by atoms with E-state index in [1.165, 1.54) is 0 Å². The lowest BCUT2D eigenvalue weighted by Gasteiger charge is -2.36. The Morgan fingerprint density at radius 3 is 2.74 bits per heavy atom. The van der Waals surface area contributed by atoms with Crippen molar-refractivity contribution in [2.75, 3.05) is 32.1 Å². The van der Waals surface area contributed by atoms with Crippen molar-refractivity contribution in [2.24, 2.45) is 0 Å². The smallest absolute Gasteiger partial charge is 0.237 e. The summed E-state index contributed by atoms with van der Waals surface area (Å²) in [5, 5.41) is 9.33. The second-order valence-electron chi connectivity index (χ2n) is 4.37. The van der Waals surface area contributed by atoms with Crippen molar-refractivity contribution >= 4 is 17.5 Å². The molecule has 2 rings (SSSR count). The summed E-state index contributed by atoms with van der Waals surface area (Å²) in [5.74, 6) is -0.0270. The third kappa shape index (κ3) is 3.22. The number of carbonyl (C=O) groups excluding carboxylic acids is 1. The second-order valence-corrected chi connectivity index (χ2v) is 4.64. The van der Waals surface area contributed by atoms with E-state index in [9.17, 15) is 10.1 Å². The number of pyridine rings is 1. The van der Waals surface area contributed by atoms with Gasteiger partial charge in [0.2, 0.25) is 5.91 Å². The number of piperazine rings is 1. The van der Waals surface area contributed by atoms with Gasteiger partial charge in [0.05, 0.1) is 6.07 Å². The minimum absolute atomic E-state index is 0.0181. The van der Waals surface area contributed by atoms with E-state index in [2.05, 4.69) is 16.0 Å². The van der Waals surface area contributed by atoms with Gasteiger partial charge in [0.25, 0.3) is 0 Å². The van der Waals surface area contributed by atoms with Crippen LogP contribution in [0.15, 0.2) is 24.5 Å². The summed E-state index contributed by atoms with van der Waals surface area (Å²) in [6, 6.07) is 5.73. The van der Waals surface area contributed by atoms with E-state index < -0.39 is 0 Å². The van der Waals surface area contributed by atoms with Gasteiger partial charge in [0, 0.05) is 44.1 Å². The Kier molecular flexibility index (Phi) is 4.72. The van der Waals surface area contributed by atoms with Crippen LogP contribution >= 0.6 is 11.6 Å². The molecule has 0 aromatic carbocycles. The van der Waals surface area contributed by atoms with Crippen LogP contribution in [0.1, 0.15) is 11.6 Å². The van der Waals surface area contributed by atoms with Gasteiger partial charge in [-0.15, -0.1) is 11.6 Å². The van der Waals surface area contributed by atoms with E-state index in [1.54, 1.807) is 17.3 Å². The average Bonchev–Trinajstić information content (AvgIpc) is 2.49. The molecule has 0 saturated carbocycles. The number of carbonyl (C=O) groups is 1. The SMILES string of the molecule is N#CC(c1cccnc1)N1CCN(C(=O)CCl)CC1. The Morgan fingerprint density at radius 2 is 2.21 bits per heavy atom. The molecule has 1 atom stereocenters. The van der Waals surface area contributed by atoms with Crippen LogP contribution in [0.4, 0.5) is 0 Å². The molecule has 1 aromatic heterocycles. The number of amides is 1. The van der Waals surface area contributed by atoms with E-state index in [1.807, 2.05) is 12.1 Å². The predicted octanol–water partition coefficient (Wildman–Crippen LogP) is 1.03. The summed E-state index contributed by atoms with van der Waals surface area (Å²) in [6.45, 7) is 2.58. The largest absolute Gasteiger partial charge is 0.339 e. The first-order valence-corrected chi connectivity index (χ1v) is 6.67. The van der Waals surface area contributed by atoms with E-state index >= 15 is 0 Å². The van der Waals surface area contributed by atoms with E-state index in [0.717, 1.165) is 5.56 Å².